The molecule has 19 heavy (non-hydrogen) atoms. The van der Waals surface area contributed by atoms with Gasteiger partial charge in [0.25, 0.3) is 0 Å². The van der Waals surface area contributed by atoms with E-state index in [2.05, 4.69) is 10.6 Å². The van der Waals surface area contributed by atoms with E-state index in [-0.39, 0.29) is 12.4 Å². The van der Waals surface area contributed by atoms with Crippen LogP contribution in [0, 0.1) is 0 Å². The molecule has 1 aromatic rings. The molecule has 7 heteroatoms. The number of phenols is 1. The lowest BCUT2D eigenvalue weighted by molar-refractivity contribution is 0.106. The fourth-order valence-corrected chi connectivity index (χ4v) is 1.34. The fourth-order valence-electron chi connectivity index (χ4n) is 1.34. The minimum atomic E-state index is -0.664. The van der Waals surface area contributed by atoms with Crippen molar-refractivity contribution >= 4 is 6.03 Å². The Labute approximate surface area is 111 Å². The minimum Gasteiger partial charge on any atom is -0.508 e. The highest BCUT2D eigenvalue weighted by atomic mass is 16.5. The maximum absolute atomic E-state index is 10.4. The summed E-state index contributed by atoms with van der Waals surface area (Å²) in [5, 5.41) is 24.1. The molecule has 0 aliphatic carbocycles. The number of aliphatic hydroxyl groups excluding tert-OH is 1. The largest absolute Gasteiger partial charge is 0.508 e. The second-order valence-electron chi connectivity index (χ2n) is 3.95. The first-order valence-corrected chi connectivity index (χ1v) is 5.92. The van der Waals surface area contributed by atoms with Crippen molar-refractivity contribution in [1.82, 2.24) is 10.6 Å². The van der Waals surface area contributed by atoms with Gasteiger partial charge in [-0.15, -0.1) is 0 Å². The van der Waals surface area contributed by atoms with Gasteiger partial charge in [-0.05, 0) is 24.3 Å². The zero-order valence-corrected chi connectivity index (χ0v) is 10.5. The van der Waals surface area contributed by atoms with Crippen molar-refractivity contribution in [1.29, 1.82) is 0 Å². The number of hydrogen-bond donors (Lipinski definition) is 5. The maximum Gasteiger partial charge on any atom is 0.312 e. The van der Waals surface area contributed by atoms with Crippen molar-refractivity contribution in [2.24, 2.45) is 5.73 Å². The van der Waals surface area contributed by atoms with Crippen LogP contribution in [0.4, 0.5) is 4.79 Å². The second-order valence-corrected chi connectivity index (χ2v) is 3.95. The third-order valence-corrected chi connectivity index (χ3v) is 2.26. The van der Waals surface area contributed by atoms with E-state index in [0.717, 1.165) is 0 Å². The number of rotatable bonds is 8. The Bertz CT molecular complexity index is 383. The van der Waals surface area contributed by atoms with Gasteiger partial charge in [-0.3, -0.25) is 0 Å². The summed E-state index contributed by atoms with van der Waals surface area (Å²) in [7, 11) is 0. The van der Waals surface area contributed by atoms with Crippen LogP contribution in [0.1, 0.15) is 0 Å². The van der Waals surface area contributed by atoms with Crippen LogP contribution < -0.4 is 21.1 Å². The number of primary amides is 1. The van der Waals surface area contributed by atoms with Crippen molar-refractivity contribution in [3.63, 3.8) is 0 Å². The monoisotopic (exact) mass is 269 g/mol. The molecular formula is C12H19N3O4. The summed E-state index contributed by atoms with van der Waals surface area (Å²) in [5.41, 5.74) is 4.89. The molecule has 0 aromatic heterocycles. The zero-order chi connectivity index (χ0) is 14.1. The Hall–Kier alpha value is -1.99. The molecule has 1 unspecified atom stereocenters. The van der Waals surface area contributed by atoms with E-state index in [1.54, 1.807) is 12.1 Å². The number of urea groups is 1. The first kappa shape index (κ1) is 15.1. The average Bonchev–Trinajstić information content (AvgIpc) is 2.37. The lowest BCUT2D eigenvalue weighted by atomic mass is 10.3. The van der Waals surface area contributed by atoms with Gasteiger partial charge in [0.2, 0.25) is 0 Å². The van der Waals surface area contributed by atoms with Crippen LogP contribution in [-0.4, -0.2) is 48.6 Å². The molecule has 0 heterocycles. The van der Waals surface area contributed by atoms with E-state index in [4.69, 9.17) is 15.6 Å². The van der Waals surface area contributed by atoms with E-state index >= 15 is 0 Å². The van der Waals surface area contributed by atoms with Crippen molar-refractivity contribution < 1.29 is 19.7 Å². The van der Waals surface area contributed by atoms with Gasteiger partial charge in [0, 0.05) is 19.6 Å². The summed E-state index contributed by atoms with van der Waals surface area (Å²) >= 11 is 0. The van der Waals surface area contributed by atoms with Crippen LogP contribution in [0.15, 0.2) is 24.3 Å². The number of amides is 2. The standard InChI is InChI=1S/C12H19N3O4/c13-12(18)15-6-5-14-7-10(17)8-19-11-3-1-9(16)2-4-11/h1-4,10,14,16-17H,5-8H2,(H3,13,15,18). The molecule has 1 rings (SSSR count). The van der Waals surface area contributed by atoms with E-state index in [1.807, 2.05) is 0 Å². The number of aromatic hydroxyl groups is 1. The highest BCUT2D eigenvalue weighted by Gasteiger charge is 2.04. The molecule has 2 amide bonds. The predicted molar refractivity (Wildman–Crippen MR) is 70.1 cm³/mol. The van der Waals surface area contributed by atoms with E-state index in [1.165, 1.54) is 12.1 Å². The smallest absolute Gasteiger partial charge is 0.312 e. The SMILES string of the molecule is NC(=O)NCCNCC(O)COc1ccc(O)cc1. The van der Waals surface area contributed by atoms with Crippen LogP contribution in [0.2, 0.25) is 0 Å². The lowest BCUT2D eigenvalue weighted by Gasteiger charge is -2.13. The number of nitrogens with one attached hydrogen (secondary N) is 2. The zero-order valence-electron chi connectivity index (χ0n) is 10.5. The average molecular weight is 269 g/mol. The van der Waals surface area contributed by atoms with Gasteiger partial charge in [0.05, 0.1) is 0 Å². The van der Waals surface area contributed by atoms with Gasteiger partial charge in [-0.1, -0.05) is 0 Å². The second kappa shape index (κ2) is 8.17. The molecule has 6 N–H and O–H groups in total. The summed E-state index contributed by atoms with van der Waals surface area (Å²) in [6, 6.07) is 5.68. The van der Waals surface area contributed by atoms with Crippen molar-refractivity contribution in [2.75, 3.05) is 26.2 Å². The number of carbonyl (C=O) groups is 1. The van der Waals surface area contributed by atoms with Gasteiger partial charge in [-0.2, -0.15) is 0 Å². The van der Waals surface area contributed by atoms with Crippen LogP contribution in [0.3, 0.4) is 0 Å². The molecule has 0 saturated carbocycles. The quantitative estimate of drug-likeness (QED) is 0.404. The van der Waals surface area contributed by atoms with Gasteiger partial charge in [0.1, 0.15) is 24.2 Å². The van der Waals surface area contributed by atoms with Gasteiger partial charge < -0.3 is 31.3 Å². The third kappa shape index (κ3) is 7.12. The van der Waals surface area contributed by atoms with E-state index in [0.29, 0.717) is 25.4 Å². The topological polar surface area (TPSA) is 117 Å². The van der Waals surface area contributed by atoms with Crippen LogP contribution in [0.5, 0.6) is 11.5 Å². The first-order chi connectivity index (χ1) is 9.08. The van der Waals surface area contributed by atoms with Crippen LogP contribution in [-0.2, 0) is 0 Å². The summed E-state index contributed by atoms with van der Waals surface area (Å²) in [5.74, 6) is 0.740. The molecule has 0 spiro atoms. The molecule has 1 aromatic carbocycles. The van der Waals surface area contributed by atoms with Gasteiger partial charge >= 0.3 is 6.03 Å². The normalized spacial score (nSPS) is 11.8. The van der Waals surface area contributed by atoms with Crippen LogP contribution in [0.25, 0.3) is 0 Å². The molecule has 1 atom stereocenters. The third-order valence-electron chi connectivity index (χ3n) is 2.26. The predicted octanol–water partition coefficient (Wildman–Crippen LogP) is -0.610. The Morgan fingerprint density at radius 1 is 1.32 bits per heavy atom. The Morgan fingerprint density at radius 2 is 2.00 bits per heavy atom. The van der Waals surface area contributed by atoms with Crippen molar-refractivity contribution in [2.45, 2.75) is 6.10 Å². The van der Waals surface area contributed by atoms with Gasteiger partial charge in [0.15, 0.2) is 0 Å². The fraction of sp³-hybridized carbons (Fsp3) is 0.417. The molecule has 7 nitrogen and oxygen atoms in total. The highest BCUT2D eigenvalue weighted by Crippen LogP contribution is 2.15. The van der Waals surface area contributed by atoms with Crippen molar-refractivity contribution in [3.05, 3.63) is 24.3 Å². The molecule has 0 radical (unpaired) electrons. The number of benzene rings is 1. The number of aliphatic hydroxyl groups is 1. The van der Waals surface area contributed by atoms with Gasteiger partial charge in [-0.25, -0.2) is 4.79 Å². The highest BCUT2D eigenvalue weighted by molar-refractivity contribution is 5.71. The van der Waals surface area contributed by atoms with Crippen LogP contribution >= 0.6 is 0 Å². The number of phenolic OH excluding ortho intramolecular Hbond substituents is 1. The molecule has 0 saturated heterocycles. The molecular weight excluding hydrogens is 250 g/mol. The van der Waals surface area contributed by atoms with E-state index < -0.39 is 12.1 Å². The molecule has 106 valence electrons. The Kier molecular flexibility index (Phi) is 6.48. The maximum atomic E-state index is 10.4. The van der Waals surface area contributed by atoms with Crippen molar-refractivity contribution in [3.8, 4) is 11.5 Å². The summed E-state index contributed by atoms with van der Waals surface area (Å²) in [6.45, 7) is 1.40. The van der Waals surface area contributed by atoms with E-state index in [9.17, 15) is 9.90 Å². The number of nitrogens with two attached hydrogens (primary N) is 1. The molecule has 0 fully saturated rings. The lowest BCUT2D eigenvalue weighted by Crippen LogP contribution is -2.38. The Morgan fingerprint density at radius 3 is 2.63 bits per heavy atom. The summed E-state index contributed by atoms with van der Waals surface area (Å²) in [6.07, 6.45) is -0.664. The number of carbonyl (C=O) groups excluding carboxylic acids is 1. The number of hydrogen-bond acceptors (Lipinski definition) is 5. The Balaban J connectivity index is 2.09. The molecule has 0 aliphatic heterocycles. The number of ether oxygens (including phenoxy) is 1. The minimum absolute atomic E-state index is 0.140. The first-order valence-electron chi connectivity index (χ1n) is 5.92. The molecule has 0 bridgehead atoms. The molecule has 0 aliphatic rings. The summed E-state index contributed by atoms with van der Waals surface area (Å²) < 4.78 is 5.33. The summed E-state index contributed by atoms with van der Waals surface area (Å²) in [4.78, 5) is 10.4.